The van der Waals surface area contributed by atoms with Crippen LogP contribution in [0.4, 0.5) is 20.6 Å². The van der Waals surface area contributed by atoms with E-state index in [4.69, 9.17) is 4.74 Å². The molecule has 0 atom stereocenters. The number of carbonyl (C=O) groups is 1. The molecule has 1 amide bonds. The van der Waals surface area contributed by atoms with E-state index in [0.29, 0.717) is 5.69 Å². The number of para-hydroxylation sites is 1. The number of rotatable bonds is 4. The smallest absolute Gasteiger partial charge is 0.411 e. The number of nitrogens with zero attached hydrogens (tertiary/aromatic N) is 1. The van der Waals surface area contributed by atoms with Crippen molar-refractivity contribution in [3.63, 3.8) is 0 Å². The Balaban J connectivity index is 1.95. The second kappa shape index (κ2) is 6.47. The van der Waals surface area contributed by atoms with E-state index in [2.05, 4.69) is 5.32 Å². The summed E-state index contributed by atoms with van der Waals surface area (Å²) in [5.74, 6) is -0.422. The van der Waals surface area contributed by atoms with Crippen molar-refractivity contribution in [1.29, 1.82) is 0 Å². The van der Waals surface area contributed by atoms with Gasteiger partial charge in [0.15, 0.2) is 0 Å². The fraction of sp³-hybridized carbons (Fsp3) is 0.0714. The van der Waals surface area contributed by atoms with Gasteiger partial charge in [-0.1, -0.05) is 12.1 Å². The van der Waals surface area contributed by atoms with E-state index in [-0.39, 0.29) is 17.9 Å². The minimum atomic E-state index is -0.778. The standard InChI is InChI=1S/C14H11FN2O4/c15-11-5-7-12(8-6-11)16-14(18)21-9-10-3-1-2-4-13(10)17(19)20/h1-8H,9H2,(H,16,18). The number of ether oxygens (including phenoxy) is 1. The molecule has 0 saturated heterocycles. The first-order valence-electron chi connectivity index (χ1n) is 5.98. The number of nitro benzene ring substituents is 1. The van der Waals surface area contributed by atoms with Crippen LogP contribution in [0.5, 0.6) is 0 Å². The van der Waals surface area contributed by atoms with Gasteiger partial charge < -0.3 is 4.74 Å². The Morgan fingerprint density at radius 2 is 1.86 bits per heavy atom. The Morgan fingerprint density at radius 3 is 2.52 bits per heavy atom. The summed E-state index contributed by atoms with van der Waals surface area (Å²) in [4.78, 5) is 21.8. The van der Waals surface area contributed by atoms with E-state index in [1.54, 1.807) is 6.07 Å². The highest BCUT2D eigenvalue weighted by molar-refractivity contribution is 5.84. The molecule has 2 aromatic rings. The third kappa shape index (κ3) is 4.00. The molecule has 0 heterocycles. The van der Waals surface area contributed by atoms with Crippen molar-refractivity contribution < 1.29 is 18.8 Å². The molecule has 2 rings (SSSR count). The fourth-order valence-corrected chi connectivity index (χ4v) is 1.64. The largest absolute Gasteiger partial charge is 0.444 e. The first-order chi connectivity index (χ1) is 10.1. The Kier molecular flexibility index (Phi) is 4.45. The molecule has 0 aliphatic carbocycles. The first kappa shape index (κ1) is 14.4. The number of nitrogens with one attached hydrogen (secondary N) is 1. The van der Waals surface area contributed by atoms with E-state index in [1.807, 2.05) is 0 Å². The number of hydrogen-bond acceptors (Lipinski definition) is 4. The van der Waals surface area contributed by atoms with Crippen molar-refractivity contribution in [2.75, 3.05) is 5.32 Å². The van der Waals surface area contributed by atoms with E-state index in [9.17, 15) is 19.3 Å². The summed E-state index contributed by atoms with van der Waals surface area (Å²) in [5, 5.41) is 13.2. The summed E-state index contributed by atoms with van der Waals surface area (Å²) in [5.41, 5.74) is 0.535. The number of carbonyl (C=O) groups excluding carboxylic acids is 1. The van der Waals surface area contributed by atoms with Crippen molar-refractivity contribution in [3.05, 3.63) is 70.0 Å². The van der Waals surface area contributed by atoms with Gasteiger partial charge in [-0.2, -0.15) is 0 Å². The van der Waals surface area contributed by atoms with Crippen LogP contribution < -0.4 is 5.32 Å². The van der Waals surface area contributed by atoms with Gasteiger partial charge in [0.2, 0.25) is 0 Å². The molecule has 0 saturated carbocycles. The number of anilines is 1. The fourth-order valence-electron chi connectivity index (χ4n) is 1.64. The van der Waals surface area contributed by atoms with Crippen molar-refractivity contribution in [2.45, 2.75) is 6.61 Å². The zero-order valence-corrected chi connectivity index (χ0v) is 10.8. The quantitative estimate of drug-likeness (QED) is 0.690. The van der Waals surface area contributed by atoms with Crippen molar-refractivity contribution in [1.82, 2.24) is 0 Å². The Morgan fingerprint density at radius 1 is 1.19 bits per heavy atom. The highest BCUT2D eigenvalue weighted by atomic mass is 19.1. The molecule has 0 fully saturated rings. The number of amides is 1. The average Bonchev–Trinajstić information content (AvgIpc) is 2.48. The molecular formula is C14H11FN2O4. The van der Waals surface area contributed by atoms with Crippen LogP contribution in [-0.2, 0) is 11.3 Å². The molecule has 0 aromatic heterocycles. The van der Waals surface area contributed by atoms with Crippen molar-refractivity contribution in [2.24, 2.45) is 0 Å². The van der Waals surface area contributed by atoms with E-state index in [1.165, 1.54) is 42.5 Å². The number of halogens is 1. The van der Waals surface area contributed by atoms with Crippen LogP contribution in [0.3, 0.4) is 0 Å². The van der Waals surface area contributed by atoms with Gasteiger partial charge in [-0.25, -0.2) is 9.18 Å². The second-order valence-electron chi connectivity index (χ2n) is 4.09. The van der Waals surface area contributed by atoms with Gasteiger partial charge in [0.25, 0.3) is 5.69 Å². The third-order valence-corrected chi connectivity index (χ3v) is 2.64. The number of hydrogen-bond donors (Lipinski definition) is 1. The van der Waals surface area contributed by atoms with Crippen LogP contribution in [0.15, 0.2) is 48.5 Å². The maximum absolute atomic E-state index is 12.7. The maximum Gasteiger partial charge on any atom is 0.411 e. The van der Waals surface area contributed by atoms with Crippen molar-refractivity contribution in [3.8, 4) is 0 Å². The summed E-state index contributed by atoms with van der Waals surface area (Å²) >= 11 is 0. The van der Waals surface area contributed by atoms with Crippen LogP contribution in [0.25, 0.3) is 0 Å². The summed E-state index contributed by atoms with van der Waals surface area (Å²) in [6.07, 6.45) is -0.778. The zero-order chi connectivity index (χ0) is 15.2. The third-order valence-electron chi connectivity index (χ3n) is 2.64. The van der Waals surface area contributed by atoms with Gasteiger partial charge in [0.05, 0.1) is 10.5 Å². The monoisotopic (exact) mass is 290 g/mol. The molecule has 0 aliphatic rings. The number of benzene rings is 2. The van der Waals surface area contributed by atoms with Gasteiger partial charge in [-0.15, -0.1) is 0 Å². The normalized spacial score (nSPS) is 9.95. The van der Waals surface area contributed by atoms with E-state index < -0.39 is 16.8 Å². The summed E-state index contributed by atoms with van der Waals surface area (Å²) in [6, 6.07) is 11.1. The summed E-state index contributed by atoms with van der Waals surface area (Å²) in [7, 11) is 0. The lowest BCUT2D eigenvalue weighted by Gasteiger charge is -2.07. The Bertz CT molecular complexity index is 658. The van der Waals surface area contributed by atoms with Crippen LogP contribution in [0.1, 0.15) is 5.56 Å². The molecule has 1 N–H and O–H groups in total. The molecule has 0 unspecified atom stereocenters. The molecule has 6 nitrogen and oxygen atoms in total. The average molecular weight is 290 g/mol. The predicted molar refractivity (Wildman–Crippen MR) is 73.3 cm³/mol. The molecule has 0 aliphatic heterocycles. The van der Waals surface area contributed by atoms with Crippen LogP contribution in [0.2, 0.25) is 0 Å². The molecule has 0 spiro atoms. The van der Waals surface area contributed by atoms with Gasteiger partial charge in [0, 0.05) is 11.8 Å². The molecular weight excluding hydrogens is 279 g/mol. The van der Waals surface area contributed by atoms with E-state index >= 15 is 0 Å². The summed E-state index contributed by atoms with van der Waals surface area (Å²) in [6.45, 7) is -0.232. The van der Waals surface area contributed by atoms with Gasteiger partial charge >= 0.3 is 6.09 Å². The lowest BCUT2D eigenvalue weighted by atomic mass is 10.2. The lowest BCUT2D eigenvalue weighted by molar-refractivity contribution is -0.385. The van der Waals surface area contributed by atoms with Gasteiger partial charge in [-0.05, 0) is 30.3 Å². The summed E-state index contributed by atoms with van der Waals surface area (Å²) < 4.78 is 17.6. The zero-order valence-electron chi connectivity index (χ0n) is 10.8. The topological polar surface area (TPSA) is 81.5 Å². The van der Waals surface area contributed by atoms with Crippen molar-refractivity contribution >= 4 is 17.5 Å². The molecule has 21 heavy (non-hydrogen) atoms. The molecule has 2 aromatic carbocycles. The molecule has 108 valence electrons. The molecule has 7 heteroatoms. The van der Waals surface area contributed by atoms with Crippen LogP contribution >= 0.6 is 0 Å². The van der Waals surface area contributed by atoms with Gasteiger partial charge in [0.1, 0.15) is 12.4 Å². The van der Waals surface area contributed by atoms with Crippen LogP contribution in [-0.4, -0.2) is 11.0 Å². The highest BCUT2D eigenvalue weighted by Gasteiger charge is 2.14. The lowest BCUT2D eigenvalue weighted by Crippen LogP contribution is -2.13. The number of nitro groups is 1. The molecule has 0 bridgehead atoms. The highest BCUT2D eigenvalue weighted by Crippen LogP contribution is 2.18. The Hall–Kier alpha value is -2.96. The predicted octanol–water partition coefficient (Wildman–Crippen LogP) is 3.48. The van der Waals surface area contributed by atoms with E-state index in [0.717, 1.165) is 0 Å². The van der Waals surface area contributed by atoms with Crippen LogP contribution in [0, 0.1) is 15.9 Å². The SMILES string of the molecule is O=C(Nc1ccc(F)cc1)OCc1ccccc1[N+](=O)[O-]. The Labute approximate surface area is 119 Å². The second-order valence-corrected chi connectivity index (χ2v) is 4.09. The minimum absolute atomic E-state index is 0.118. The maximum atomic E-state index is 12.7. The first-order valence-corrected chi connectivity index (χ1v) is 5.98. The molecule has 0 radical (unpaired) electrons. The minimum Gasteiger partial charge on any atom is -0.444 e. The van der Waals surface area contributed by atoms with Gasteiger partial charge in [-0.3, -0.25) is 15.4 Å².